The summed E-state index contributed by atoms with van der Waals surface area (Å²) in [5, 5.41) is 9.71. The van der Waals surface area contributed by atoms with Crippen LogP contribution in [0.5, 0.6) is 5.75 Å². The van der Waals surface area contributed by atoms with E-state index in [2.05, 4.69) is 4.99 Å². The van der Waals surface area contributed by atoms with Gasteiger partial charge in [-0.3, -0.25) is 0 Å². The van der Waals surface area contributed by atoms with Crippen molar-refractivity contribution in [1.82, 2.24) is 0 Å². The highest BCUT2D eigenvalue weighted by atomic mass is 32.2. The normalized spacial score (nSPS) is 17.0. The molecule has 6 heteroatoms. The van der Waals surface area contributed by atoms with Crippen LogP contribution >= 0.6 is 0 Å². The van der Waals surface area contributed by atoms with Crippen molar-refractivity contribution < 1.29 is 18.3 Å². The maximum Gasteiger partial charge on any atom is 0.235 e. The first-order valence-corrected chi connectivity index (χ1v) is 7.32. The minimum atomic E-state index is -3.44. The lowest BCUT2D eigenvalue weighted by Crippen LogP contribution is -2.11. The number of aromatic hydroxyl groups is 1. The second-order valence-electron chi connectivity index (χ2n) is 4.64. The van der Waals surface area contributed by atoms with Crippen LogP contribution in [0.1, 0.15) is 24.0 Å². The van der Waals surface area contributed by atoms with Gasteiger partial charge >= 0.3 is 0 Å². The molecule has 1 aromatic rings. The van der Waals surface area contributed by atoms with E-state index in [-0.39, 0.29) is 10.6 Å². The number of benzene rings is 1. The molecule has 0 saturated heterocycles. The van der Waals surface area contributed by atoms with E-state index in [0.717, 1.165) is 6.26 Å². The number of aryl methyl sites for hydroxylation is 1. The number of aliphatic imine (C=N–C) groups is 1. The molecule has 1 N–H and O–H groups in total. The van der Waals surface area contributed by atoms with Gasteiger partial charge < -0.3 is 5.11 Å². The molecular weight excluding hydrogens is 254 g/mol. The number of nitrogens with zero attached hydrogens (tertiary/aromatic N) is 1. The Kier molecular flexibility index (Phi) is 2.80. The number of hydrogen-bond donors (Lipinski definition) is 1. The Hall–Kier alpha value is -1.65. The van der Waals surface area contributed by atoms with Crippen LogP contribution in [0, 0.1) is 6.92 Å². The van der Waals surface area contributed by atoms with Gasteiger partial charge in [-0.05, 0) is 37.5 Å². The van der Waals surface area contributed by atoms with Crippen LogP contribution in [0.3, 0.4) is 0 Å². The van der Waals surface area contributed by atoms with Crippen molar-refractivity contribution >= 4 is 15.9 Å². The third-order valence-corrected chi connectivity index (χ3v) is 4.32. The van der Waals surface area contributed by atoms with Gasteiger partial charge in [-0.2, -0.15) is 4.99 Å². The molecule has 5 nitrogen and oxygen atoms in total. The van der Waals surface area contributed by atoms with Crippen LogP contribution in [0.4, 0.5) is 0 Å². The first-order chi connectivity index (χ1) is 8.30. The summed E-state index contributed by atoms with van der Waals surface area (Å²) in [4.78, 5) is 14.3. The zero-order chi connectivity index (χ0) is 13.6. The highest BCUT2D eigenvalue weighted by molar-refractivity contribution is 7.90. The van der Waals surface area contributed by atoms with E-state index in [0.29, 0.717) is 24.0 Å². The summed E-state index contributed by atoms with van der Waals surface area (Å²) in [6.45, 7) is 1.62. The van der Waals surface area contributed by atoms with Gasteiger partial charge in [0.15, 0.2) is 9.84 Å². The quantitative estimate of drug-likeness (QED) is 0.663. The number of sulfone groups is 1. The van der Waals surface area contributed by atoms with Crippen molar-refractivity contribution in [2.45, 2.75) is 30.2 Å². The number of hydrogen-bond acceptors (Lipinski definition) is 5. The Labute approximate surface area is 105 Å². The van der Waals surface area contributed by atoms with Crippen molar-refractivity contribution in [3.05, 3.63) is 23.3 Å². The standard InChI is InChI=1S/C12H13NO4S/c1-8-5-11(18(2,16)17)9(6-10(8)15)12(3-4-12)13-7-14/h5-6,15H,3-4H2,1-2H3. The lowest BCUT2D eigenvalue weighted by atomic mass is 10.0. The highest BCUT2D eigenvalue weighted by Gasteiger charge is 2.47. The largest absolute Gasteiger partial charge is 0.508 e. The summed E-state index contributed by atoms with van der Waals surface area (Å²) < 4.78 is 23.5. The van der Waals surface area contributed by atoms with E-state index in [1.807, 2.05) is 0 Å². The fraction of sp³-hybridized carbons (Fsp3) is 0.417. The Morgan fingerprint density at radius 2 is 2.00 bits per heavy atom. The fourth-order valence-corrected chi connectivity index (χ4v) is 3.03. The van der Waals surface area contributed by atoms with Gasteiger partial charge in [0.2, 0.25) is 6.08 Å². The second-order valence-corrected chi connectivity index (χ2v) is 6.63. The molecule has 0 bridgehead atoms. The Morgan fingerprint density at radius 1 is 1.39 bits per heavy atom. The first-order valence-electron chi connectivity index (χ1n) is 5.43. The van der Waals surface area contributed by atoms with Gasteiger partial charge in [0.25, 0.3) is 0 Å². The number of carbonyl (C=O) groups excluding carboxylic acids is 1. The molecule has 0 radical (unpaired) electrons. The molecule has 0 aliphatic heterocycles. The predicted molar refractivity (Wildman–Crippen MR) is 65.0 cm³/mol. The van der Waals surface area contributed by atoms with Gasteiger partial charge in [0.1, 0.15) is 5.75 Å². The zero-order valence-corrected chi connectivity index (χ0v) is 10.9. The minimum Gasteiger partial charge on any atom is -0.508 e. The van der Waals surface area contributed by atoms with Gasteiger partial charge in [-0.1, -0.05) is 0 Å². The highest BCUT2D eigenvalue weighted by Crippen LogP contribution is 2.52. The molecule has 1 aromatic carbocycles. The van der Waals surface area contributed by atoms with Gasteiger partial charge in [0.05, 0.1) is 10.4 Å². The summed E-state index contributed by atoms with van der Waals surface area (Å²) >= 11 is 0. The van der Waals surface area contributed by atoms with Gasteiger partial charge in [0, 0.05) is 11.8 Å². The average molecular weight is 267 g/mol. The number of isocyanates is 1. The smallest absolute Gasteiger partial charge is 0.235 e. The zero-order valence-electron chi connectivity index (χ0n) is 10.1. The molecule has 96 valence electrons. The number of phenols is 1. The van der Waals surface area contributed by atoms with E-state index in [9.17, 15) is 18.3 Å². The lowest BCUT2D eigenvalue weighted by Gasteiger charge is -2.15. The third kappa shape index (κ3) is 2.05. The minimum absolute atomic E-state index is 0.00442. The van der Waals surface area contributed by atoms with Crippen LogP contribution < -0.4 is 0 Å². The molecule has 1 saturated carbocycles. The number of phenolic OH excluding ortho intramolecular Hbond substituents is 1. The molecule has 0 unspecified atom stereocenters. The van der Waals surface area contributed by atoms with E-state index >= 15 is 0 Å². The average Bonchev–Trinajstić information content (AvgIpc) is 3.01. The molecule has 0 atom stereocenters. The van der Waals surface area contributed by atoms with E-state index < -0.39 is 15.4 Å². The summed E-state index contributed by atoms with van der Waals surface area (Å²) in [6, 6.07) is 2.81. The van der Waals surface area contributed by atoms with Gasteiger partial charge in [-0.25, -0.2) is 13.2 Å². The molecule has 0 heterocycles. The van der Waals surface area contributed by atoms with Crippen LogP contribution in [0.2, 0.25) is 0 Å². The SMILES string of the molecule is Cc1cc(S(C)(=O)=O)c(C2(N=C=O)CC2)cc1O. The van der Waals surface area contributed by atoms with Crippen LogP contribution in [-0.2, 0) is 20.2 Å². The topological polar surface area (TPSA) is 83.8 Å². The molecule has 1 aliphatic rings. The predicted octanol–water partition coefficient (Wildman–Crippen LogP) is 1.43. The van der Waals surface area contributed by atoms with E-state index in [1.165, 1.54) is 18.2 Å². The van der Waals surface area contributed by atoms with Crippen LogP contribution in [0.15, 0.2) is 22.0 Å². The lowest BCUT2D eigenvalue weighted by molar-refractivity contribution is 0.467. The Balaban J connectivity index is 2.74. The molecule has 0 amide bonds. The van der Waals surface area contributed by atoms with Crippen LogP contribution in [-0.4, -0.2) is 25.9 Å². The maximum atomic E-state index is 11.8. The second kappa shape index (κ2) is 3.93. The molecule has 1 aliphatic carbocycles. The number of rotatable bonds is 3. The molecule has 1 fully saturated rings. The van der Waals surface area contributed by atoms with Crippen molar-refractivity contribution in [1.29, 1.82) is 0 Å². The summed E-state index contributed by atoms with van der Waals surface area (Å²) in [5.74, 6) is 0.00442. The maximum absolute atomic E-state index is 11.8. The molecule has 18 heavy (non-hydrogen) atoms. The molecule has 0 aromatic heterocycles. The third-order valence-electron chi connectivity index (χ3n) is 3.18. The van der Waals surface area contributed by atoms with Crippen LogP contribution in [0.25, 0.3) is 0 Å². The van der Waals surface area contributed by atoms with E-state index in [1.54, 1.807) is 6.92 Å². The molecular formula is C12H13NO4S. The Bertz CT molecular complexity index is 653. The first kappa shape index (κ1) is 12.8. The van der Waals surface area contributed by atoms with Crippen molar-refractivity contribution in [2.24, 2.45) is 4.99 Å². The van der Waals surface area contributed by atoms with Crippen molar-refractivity contribution in [2.75, 3.05) is 6.26 Å². The monoisotopic (exact) mass is 267 g/mol. The van der Waals surface area contributed by atoms with Crippen molar-refractivity contribution in [3.63, 3.8) is 0 Å². The molecule has 0 spiro atoms. The van der Waals surface area contributed by atoms with Gasteiger partial charge in [-0.15, -0.1) is 0 Å². The summed E-state index contributed by atoms with van der Waals surface area (Å²) in [6.07, 6.45) is 3.76. The Morgan fingerprint density at radius 3 is 2.44 bits per heavy atom. The fourth-order valence-electron chi connectivity index (χ4n) is 1.99. The molecule has 2 rings (SSSR count). The summed E-state index contributed by atoms with van der Waals surface area (Å²) in [7, 11) is -3.44. The van der Waals surface area contributed by atoms with Crippen molar-refractivity contribution in [3.8, 4) is 5.75 Å². The summed E-state index contributed by atoms with van der Waals surface area (Å²) in [5.41, 5.74) is 0.0484. The van der Waals surface area contributed by atoms with E-state index in [4.69, 9.17) is 0 Å².